The molecule has 3 heterocycles. The van der Waals surface area contributed by atoms with Crippen LogP contribution in [0, 0.1) is 0 Å². The molecule has 4 heteroatoms. The molecule has 3 aliphatic rings. The van der Waals surface area contributed by atoms with Gasteiger partial charge in [-0.1, -0.05) is 60.7 Å². The van der Waals surface area contributed by atoms with E-state index >= 15 is 0 Å². The Labute approximate surface area is 184 Å². The van der Waals surface area contributed by atoms with Crippen molar-refractivity contribution in [2.24, 2.45) is 0 Å². The van der Waals surface area contributed by atoms with Crippen molar-refractivity contribution >= 4 is 16.5 Å². The molecule has 1 spiro atoms. The number of nitrogens with one attached hydrogen (secondary N) is 1. The topological polar surface area (TPSA) is 27.7 Å². The zero-order valence-electron chi connectivity index (χ0n) is 18.2. The molecule has 3 aromatic carbocycles. The predicted octanol–water partition coefficient (Wildman–Crippen LogP) is 5.34. The molecule has 1 saturated heterocycles. The summed E-state index contributed by atoms with van der Waals surface area (Å²) < 4.78 is 6.78. The van der Waals surface area contributed by atoms with E-state index in [1.54, 1.807) is 0 Å². The van der Waals surface area contributed by atoms with E-state index in [4.69, 9.17) is 4.74 Å². The van der Waals surface area contributed by atoms with E-state index in [1.165, 1.54) is 27.6 Å². The Hall–Kier alpha value is -2.82. The minimum Gasteiger partial charge on any atom is -0.470 e. The second-order valence-corrected chi connectivity index (χ2v) is 9.25. The summed E-state index contributed by atoms with van der Waals surface area (Å²) >= 11 is 0. The second-order valence-electron chi connectivity index (χ2n) is 9.25. The average molecular weight is 412 g/mol. The first-order chi connectivity index (χ1) is 15.1. The summed E-state index contributed by atoms with van der Waals surface area (Å²) in [6.45, 7) is 6.67. The summed E-state index contributed by atoms with van der Waals surface area (Å²) in [5, 5.41) is 4.94. The van der Waals surface area contributed by atoms with E-state index < -0.39 is 0 Å². The molecule has 1 N–H and O–H groups in total. The minimum absolute atomic E-state index is 0.171. The van der Waals surface area contributed by atoms with Crippen molar-refractivity contribution in [1.29, 1.82) is 0 Å². The summed E-state index contributed by atoms with van der Waals surface area (Å²) in [4.78, 5) is 2.55. The maximum atomic E-state index is 6.78. The molecule has 6 rings (SSSR count). The molecule has 1 fully saturated rings. The predicted molar refractivity (Wildman–Crippen MR) is 125 cm³/mol. The van der Waals surface area contributed by atoms with Crippen molar-refractivity contribution < 1.29 is 4.74 Å². The largest absolute Gasteiger partial charge is 0.470 e. The maximum Gasteiger partial charge on any atom is 0.182 e. The summed E-state index contributed by atoms with van der Waals surface area (Å²) in [6, 6.07) is 24.5. The summed E-state index contributed by atoms with van der Waals surface area (Å²) in [6.07, 6.45) is 4.36. The highest BCUT2D eigenvalue weighted by Gasteiger charge is 2.51. The standard InChI is InChI=1S/C27H29N3O/c1-19(2)29-16-14-27(15-17-29)30-25(23-11-5-6-13-26(23)31-27)18-24(28-30)22-12-7-9-20-8-3-4-10-21(20)22/h3-13,18-19,25,28H,14-17H2,1-2H3/t25-/m0/s1. The lowest BCUT2D eigenvalue weighted by atomic mass is 9.92. The molecule has 3 aromatic rings. The van der Waals surface area contributed by atoms with Gasteiger partial charge in [-0.2, -0.15) is 5.01 Å². The lowest BCUT2D eigenvalue weighted by molar-refractivity contribution is -0.161. The van der Waals surface area contributed by atoms with Gasteiger partial charge in [-0.05, 0) is 36.8 Å². The Morgan fingerprint density at radius 3 is 2.52 bits per heavy atom. The third kappa shape index (κ3) is 2.97. The van der Waals surface area contributed by atoms with E-state index in [1.807, 2.05) is 0 Å². The van der Waals surface area contributed by atoms with Crippen molar-refractivity contribution in [2.45, 2.75) is 44.5 Å². The molecule has 1 atom stereocenters. The van der Waals surface area contributed by atoms with Gasteiger partial charge >= 0.3 is 0 Å². The lowest BCUT2D eigenvalue weighted by Crippen LogP contribution is -2.64. The van der Waals surface area contributed by atoms with Crippen LogP contribution < -0.4 is 10.2 Å². The van der Waals surface area contributed by atoms with Gasteiger partial charge in [-0.3, -0.25) is 0 Å². The smallest absolute Gasteiger partial charge is 0.182 e. The number of para-hydroxylation sites is 1. The molecule has 0 saturated carbocycles. The molecule has 3 aliphatic heterocycles. The van der Waals surface area contributed by atoms with Crippen LogP contribution in [0.2, 0.25) is 0 Å². The quantitative estimate of drug-likeness (QED) is 0.616. The third-order valence-electron chi connectivity index (χ3n) is 7.21. The number of likely N-dealkylation sites (tertiary alicyclic amines) is 1. The van der Waals surface area contributed by atoms with Crippen molar-refractivity contribution in [3.8, 4) is 5.75 Å². The summed E-state index contributed by atoms with van der Waals surface area (Å²) in [7, 11) is 0. The Kier molecular flexibility index (Phi) is 4.34. The number of hydrazine groups is 1. The fourth-order valence-corrected chi connectivity index (χ4v) is 5.47. The van der Waals surface area contributed by atoms with Gasteiger partial charge in [-0.15, -0.1) is 0 Å². The van der Waals surface area contributed by atoms with Crippen molar-refractivity contribution in [2.75, 3.05) is 13.1 Å². The van der Waals surface area contributed by atoms with Gasteiger partial charge in [0.15, 0.2) is 5.72 Å². The highest BCUT2D eigenvalue weighted by atomic mass is 16.5. The van der Waals surface area contributed by atoms with Crippen molar-refractivity contribution in [1.82, 2.24) is 15.3 Å². The van der Waals surface area contributed by atoms with Crippen LogP contribution in [-0.4, -0.2) is 34.8 Å². The normalized spacial score (nSPS) is 22.7. The molecule has 31 heavy (non-hydrogen) atoms. The zero-order chi connectivity index (χ0) is 21.0. The molecular weight excluding hydrogens is 382 g/mol. The molecule has 0 aromatic heterocycles. The maximum absolute atomic E-state index is 6.78. The molecule has 0 amide bonds. The first-order valence-corrected chi connectivity index (χ1v) is 11.4. The SMILES string of the molecule is CC(C)N1CCC2(CC1)Oc1ccccc1[C@@H]1C=C(c3cccc4ccccc34)NN12. The van der Waals surface area contributed by atoms with Gasteiger partial charge in [0.1, 0.15) is 5.75 Å². The Morgan fingerprint density at radius 1 is 0.935 bits per heavy atom. The van der Waals surface area contributed by atoms with Crippen molar-refractivity contribution in [3.63, 3.8) is 0 Å². The molecule has 0 radical (unpaired) electrons. The monoisotopic (exact) mass is 411 g/mol. The van der Waals surface area contributed by atoms with Crippen LogP contribution in [0.4, 0.5) is 0 Å². The number of hydrogen-bond acceptors (Lipinski definition) is 4. The van der Waals surface area contributed by atoms with E-state index in [-0.39, 0.29) is 11.8 Å². The number of nitrogens with zero attached hydrogens (tertiary/aromatic N) is 2. The first-order valence-electron chi connectivity index (χ1n) is 11.4. The van der Waals surface area contributed by atoms with Gasteiger partial charge in [0.25, 0.3) is 0 Å². The fourth-order valence-electron chi connectivity index (χ4n) is 5.47. The third-order valence-corrected chi connectivity index (χ3v) is 7.21. The fraction of sp³-hybridized carbons (Fsp3) is 0.333. The number of fused-ring (bicyclic) bond motifs is 5. The molecule has 4 nitrogen and oxygen atoms in total. The van der Waals surface area contributed by atoms with Crippen LogP contribution in [0.1, 0.15) is 43.9 Å². The van der Waals surface area contributed by atoms with Crippen molar-refractivity contribution in [3.05, 3.63) is 83.9 Å². The number of piperidine rings is 1. The summed E-state index contributed by atoms with van der Waals surface area (Å²) in [5.41, 5.74) is 7.13. The van der Waals surface area contributed by atoms with Crippen LogP contribution >= 0.6 is 0 Å². The Bertz CT molecular complexity index is 1150. The second kappa shape index (κ2) is 7.11. The molecular formula is C27H29N3O. The van der Waals surface area contributed by atoms with E-state index in [9.17, 15) is 0 Å². The van der Waals surface area contributed by atoms with Crippen LogP contribution in [-0.2, 0) is 0 Å². The molecule has 0 unspecified atom stereocenters. The molecule has 0 aliphatic carbocycles. The van der Waals surface area contributed by atoms with Gasteiger partial charge in [0, 0.05) is 43.1 Å². The summed E-state index contributed by atoms with van der Waals surface area (Å²) in [5.74, 6) is 1.03. The number of ether oxygens (including phenoxy) is 1. The number of rotatable bonds is 2. The Balaban J connectivity index is 1.42. The highest BCUT2D eigenvalue weighted by molar-refractivity contribution is 5.93. The van der Waals surface area contributed by atoms with Gasteiger partial charge < -0.3 is 15.1 Å². The molecule has 0 bridgehead atoms. The average Bonchev–Trinajstić information content (AvgIpc) is 3.26. The van der Waals surface area contributed by atoms with Crippen LogP contribution in [0.25, 0.3) is 16.5 Å². The minimum atomic E-state index is -0.326. The van der Waals surface area contributed by atoms with E-state index in [0.29, 0.717) is 6.04 Å². The van der Waals surface area contributed by atoms with Gasteiger partial charge in [-0.25, -0.2) is 0 Å². The highest BCUT2D eigenvalue weighted by Crippen LogP contribution is 2.48. The van der Waals surface area contributed by atoms with Crippen LogP contribution in [0.5, 0.6) is 5.75 Å². The van der Waals surface area contributed by atoms with E-state index in [0.717, 1.165) is 31.7 Å². The molecule has 158 valence electrons. The van der Waals surface area contributed by atoms with E-state index in [2.05, 4.69) is 102 Å². The number of benzene rings is 3. The first kappa shape index (κ1) is 18.9. The lowest BCUT2D eigenvalue weighted by Gasteiger charge is -2.52. The van der Waals surface area contributed by atoms with Crippen LogP contribution in [0.15, 0.2) is 72.8 Å². The van der Waals surface area contributed by atoms with Gasteiger partial charge in [0.05, 0.1) is 11.7 Å². The number of hydrogen-bond donors (Lipinski definition) is 1. The van der Waals surface area contributed by atoms with Crippen LogP contribution in [0.3, 0.4) is 0 Å². The van der Waals surface area contributed by atoms with Gasteiger partial charge in [0.2, 0.25) is 0 Å². The zero-order valence-corrected chi connectivity index (χ0v) is 18.2. The Morgan fingerprint density at radius 2 is 1.68 bits per heavy atom.